The SMILES string of the molecule is Cc1ncccc1C(=O)N1CCCC[C@@H]1COc1cccc2c1C(N)=NS(O)(O)N2. The molecule has 2 aromatic rings. The van der Waals surface area contributed by atoms with E-state index in [1.165, 1.54) is 0 Å². The number of pyridine rings is 1. The van der Waals surface area contributed by atoms with E-state index in [1.807, 2.05) is 11.8 Å². The van der Waals surface area contributed by atoms with Crippen LogP contribution in [0.1, 0.15) is 40.9 Å². The maximum atomic E-state index is 13.1. The van der Waals surface area contributed by atoms with Gasteiger partial charge in [-0.2, -0.15) is 0 Å². The minimum Gasteiger partial charge on any atom is -0.491 e. The van der Waals surface area contributed by atoms with Gasteiger partial charge in [-0.3, -0.25) is 23.6 Å². The fourth-order valence-corrected chi connectivity index (χ4v) is 4.72. The average Bonchev–Trinajstić information content (AvgIpc) is 2.71. The van der Waals surface area contributed by atoms with E-state index >= 15 is 0 Å². The molecular weight excluding hydrogens is 406 g/mol. The minimum absolute atomic E-state index is 0.00177. The van der Waals surface area contributed by atoms with E-state index in [0.717, 1.165) is 19.3 Å². The Hall–Kier alpha value is -2.82. The summed E-state index contributed by atoms with van der Waals surface area (Å²) in [5.41, 5.74) is 8.20. The van der Waals surface area contributed by atoms with Gasteiger partial charge in [0.05, 0.1) is 22.9 Å². The van der Waals surface area contributed by atoms with Crippen molar-refractivity contribution in [1.29, 1.82) is 0 Å². The number of carbonyl (C=O) groups is 1. The Labute approximate surface area is 176 Å². The van der Waals surface area contributed by atoms with Crippen LogP contribution in [0, 0.1) is 6.92 Å². The van der Waals surface area contributed by atoms with Gasteiger partial charge < -0.3 is 15.4 Å². The van der Waals surface area contributed by atoms with Crippen LogP contribution in [0.4, 0.5) is 5.69 Å². The molecule has 0 radical (unpaired) electrons. The molecule has 5 N–H and O–H groups in total. The summed E-state index contributed by atoms with van der Waals surface area (Å²) in [6, 6.07) is 8.65. The third-order valence-electron chi connectivity index (χ3n) is 5.31. The van der Waals surface area contributed by atoms with Crippen molar-refractivity contribution >= 4 is 28.4 Å². The molecule has 2 aliphatic heterocycles. The fraction of sp³-hybridized carbons (Fsp3) is 0.350. The molecule has 3 heterocycles. The second-order valence-corrected chi connectivity index (χ2v) is 8.80. The molecule has 1 saturated heterocycles. The zero-order valence-corrected chi connectivity index (χ0v) is 17.4. The number of carbonyl (C=O) groups excluding carboxylic acids is 1. The van der Waals surface area contributed by atoms with Gasteiger partial charge in [-0.05, 0) is 61.4 Å². The molecule has 30 heavy (non-hydrogen) atoms. The number of benzene rings is 1. The van der Waals surface area contributed by atoms with Crippen LogP contribution in [-0.4, -0.2) is 49.9 Å². The van der Waals surface area contributed by atoms with Gasteiger partial charge in [-0.15, -0.1) is 4.40 Å². The highest BCUT2D eigenvalue weighted by molar-refractivity contribution is 8.24. The molecule has 1 aromatic heterocycles. The summed E-state index contributed by atoms with van der Waals surface area (Å²) in [7, 11) is -3.35. The van der Waals surface area contributed by atoms with E-state index < -0.39 is 11.0 Å². The Morgan fingerprint density at radius 2 is 2.17 bits per heavy atom. The Morgan fingerprint density at radius 3 is 2.97 bits per heavy atom. The van der Waals surface area contributed by atoms with Crippen LogP contribution in [0.15, 0.2) is 40.9 Å². The smallest absolute Gasteiger partial charge is 0.256 e. The lowest BCUT2D eigenvalue weighted by Gasteiger charge is -2.36. The van der Waals surface area contributed by atoms with E-state index in [9.17, 15) is 13.9 Å². The zero-order chi connectivity index (χ0) is 21.3. The summed E-state index contributed by atoms with van der Waals surface area (Å²) in [5.74, 6) is 0.439. The number of likely N-dealkylation sites (tertiary alicyclic amines) is 1. The van der Waals surface area contributed by atoms with E-state index in [-0.39, 0.29) is 17.8 Å². The second-order valence-electron chi connectivity index (χ2n) is 7.37. The van der Waals surface area contributed by atoms with Gasteiger partial charge in [0.25, 0.3) is 5.91 Å². The lowest BCUT2D eigenvalue weighted by atomic mass is 10.0. The first-order valence-corrected chi connectivity index (χ1v) is 11.3. The molecule has 0 bridgehead atoms. The summed E-state index contributed by atoms with van der Waals surface area (Å²) in [5, 5.41) is 0. The van der Waals surface area contributed by atoms with Gasteiger partial charge in [0.2, 0.25) is 0 Å². The third-order valence-corrected chi connectivity index (χ3v) is 6.26. The Kier molecular flexibility index (Phi) is 5.54. The molecule has 4 rings (SSSR count). The van der Waals surface area contributed by atoms with Crippen molar-refractivity contribution in [2.75, 3.05) is 17.9 Å². The average molecular weight is 432 g/mol. The molecule has 0 saturated carbocycles. The third kappa shape index (κ3) is 4.07. The van der Waals surface area contributed by atoms with E-state index in [4.69, 9.17) is 10.5 Å². The molecule has 1 aromatic carbocycles. The van der Waals surface area contributed by atoms with E-state index in [2.05, 4.69) is 14.1 Å². The van der Waals surface area contributed by atoms with Crippen LogP contribution in [0.25, 0.3) is 0 Å². The molecule has 160 valence electrons. The number of fused-ring (bicyclic) bond motifs is 1. The topological polar surface area (TPSA) is 133 Å². The van der Waals surface area contributed by atoms with Gasteiger partial charge in [0.15, 0.2) is 5.84 Å². The normalized spacial score (nSPS) is 21.1. The van der Waals surface area contributed by atoms with Crippen LogP contribution in [-0.2, 0) is 0 Å². The lowest BCUT2D eigenvalue weighted by molar-refractivity contribution is 0.0527. The quantitative estimate of drug-likeness (QED) is 0.584. The highest BCUT2D eigenvalue weighted by Crippen LogP contribution is 2.46. The molecule has 1 amide bonds. The highest BCUT2D eigenvalue weighted by Gasteiger charge is 2.30. The summed E-state index contributed by atoms with van der Waals surface area (Å²) in [4.78, 5) is 19.2. The predicted octanol–water partition coefficient (Wildman–Crippen LogP) is 3.18. The monoisotopic (exact) mass is 431 g/mol. The summed E-state index contributed by atoms with van der Waals surface area (Å²) < 4.78 is 32.0. The number of nitrogens with zero attached hydrogens (tertiary/aromatic N) is 3. The van der Waals surface area contributed by atoms with Gasteiger partial charge in [0.1, 0.15) is 12.4 Å². The molecule has 9 nitrogen and oxygen atoms in total. The minimum atomic E-state index is -3.35. The first kappa shape index (κ1) is 20.5. The maximum Gasteiger partial charge on any atom is 0.256 e. The van der Waals surface area contributed by atoms with Gasteiger partial charge >= 0.3 is 0 Å². The number of anilines is 1. The predicted molar refractivity (Wildman–Crippen MR) is 117 cm³/mol. The molecule has 0 aliphatic carbocycles. The number of nitrogens with two attached hydrogens (primary N) is 1. The summed E-state index contributed by atoms with van der Waals surface area (Å²) in [6.45, 7) is 2.80. The van der Waals surface area contributed by atoms with Crippen LogP contribution < -0.4 is 15.2 Å². The largest absolute Gasteiger partial charge is 0.491 e. The lowest BCUT2D eigenvalue weighted by Crippen LogP contribution is -2.47. The first-order chi connectivity index (χ1) is 14.4. The van der Waals surface area contributed by atoms with E-state index in [0.29, 0.717) is 41.4 Å². The first-order valence-electron chi connectivity index (χ1n) is 9.76. The second kappa shape index (κ2) is 8.13. The number of aryl methyl sites for hydroxylation is 1. The van der Waals surface area contributed by atoms with Crippen molar-refractivity contribution in [3.63, 3.8) is 0 Å². The van der Waals surface area contributed by atoms with Crippen LogP contribution in [0.3, 0.4) is 0 Å². The maximum absolute atomic E-state index is 13.1. The number of nitrogens with one attached hydrogen (secondary N) is 1. The number of ether oxygens (including phenoxy) is 1. The Bertz CT molecular complexity index is 997. The number of hydrogen-bond donors (Lipinski definition) is 4. The number of piperidine rings is 1. The van der Waals surface area contributed by atoms with Crippen molar-refractivity contribution in [2.24, 2.45) is 10.1 Å². The van der Waals surface area contributed by atoms with Crippen molar-refractivity contribution in [3.8, 4) is 5.75 Å². The zero-order valence-electron chi connectivity index (χ0n) is 16.6. The molecule has 0 spiro atoms. The van der Waals surface area contributed by atoms with Crippen LogP contribution in [0.5, 0.6) is 5.75 Å². The molecule has 0 unspecified atom stereocenters. The number of amidine groups is 1. The number of rotatable bonds is 4. The number of amides is 1. The Morgan fingerprint density at radius 1 is 1.33 bits per heavy atom. The molecular formula is C20H25N5O4S. The van der Waals surface area contributed by atoms with Crippen molar-refractivity contribution in [2.45, 2.75) is 32.2 Å². The van der Waals surface area contributed by atoms with Crippen LogP contribution >= 0.6 is 11.0 Å². The number of aromatic nitrogens is 1. The fourth-order valence-electron chi connectivity index (χ4n) is 3.85. The standard InChI is InChI=1S/C20H25N5O4S/c1-13-15(7-5-10-22-13)20(26)25-11-3-2-6-14(25)12-29-17-9-4-8-16-18(17)19(21)24-30(27,28)23-16/h4-5,7-10,14,23,27-28H,2-3,6,11-12H2,1H3,(H2,21,24)/t14-/m1/s1. The number of hydrogen-bond acceptors (Lipinski definition) is 8. The Balaban J connectivity index is 1.53. The van der Waals surface area contributed by atoms with Crippen LogP contribution in [0.2, 0.25) is 0 Å². The highest BCUT2D eigenvalue weighted by atomic mass is 32.3. The molecule has 2 aliphatic rings. The molecule has 1 fully saturated rings. The van der Waals surface area contributed by atoms with Gasteiger partial charge in [-0.1, -0.05) is 6.07 Å². The summed E-state index contributed by atoms with van der Waals surface area (Å²) in [6.07, 6.45) is 4.48. The van der Waals surface area contributed by atoms with Gasteiger partial charge in [0, 0.05) is 18.4 Å². The molecule has 10 heteroatoms. The van der Waals surface area contributed by atoms with Crippen molar-refractivity contribution in [1.82, 2.24) is 9.88 Å². The van der Waals surface area contributed by atoms with Crippen molar-refractivity contribution in [3.05, 3.63) is 53.3 Å². The van der Waals surface area contributed by atoms with E-state index in [1.54, 1.807) is 36.5 Å². The summed E-state index contributed by atoms with van der Waals surface area (Å²) >= 11 is 0. The molecule has 1 atom stereocenters. The van der Waals surface area contributed by atoms with Crippen molar-refractivity contribution < 1.29 is 18.6 Å². The van der Waals surface area contributed by atoms with Gasteiger partial charge in [-0.25, -0.2) is 0 Å².